The zero-order chi connectivity index (χ0) is 23.3. The molecule has 2 N–H and O–H groups in total. The molecule has 0 atom stereocenters. The molecule has 1 fully saturated rings. The molecule has 0 spiro atoms. The average molecular weight is 485 g/mol. The van der Waals surface area contributed by atoms with Crippen LogP contribution in [0.3, 0.4) is 0 Å². The Balaban J connectivity index is 1.26. The molecule has 0 aliphatic carbocycles. The Hall–Kier alpha value is -3.24. The quantitative estimate of drug-likeness (QED) is 0.536. The Morgan fingerprint density at radius 3 is 2.45 bits per heavy atom. The summed E-state index contributed by atoms with van der Waals surface area (Å²) in [7, 11) is -3.59. The first kappa shape index (κ1) is 22.9. The number of benzene rings is 1. The SMILES string of the molecule is O=C(NC1CCN(C(=O)Cc2ccc(NS(=O)(=O)c3cccs3)cc2)CC1)c1cccnc1. The van der Waals surface area contributed by atoms with Gasteiger partial charge in [-0.2, -0.15) is 0 Å². The molecule has 1 saturated heterocycles. The number of carbonyl (C=O) groups excluding carboxylic acids is 2. The van der Waals surface area contributed by atoms with E-state index in [4.69, 9.17) is 0 Å². The van der Waals surface area contributed by atoms with Gasteiger partial charge in [0.2, 0.25) is 5.91 Å². The number of pyridine rings is 1. The highest BCUT2D eigenvalue weighted by Crippen LogP contribution is 2.21. The number of nitrogens with zero attached hydrogens (tertiary/aromatic N) is 2. The van der Waals surface area contributed by atoms with Gasteiger partial charge >= 0.3 is 0 Å². The second-order valence-corrected chi connectivity index (χ2v) is 10.6. The van der Waals surface area contributed by atoms with Crippen molar-refractivity contribution in [3.63, 3.8) is 0 Å². The topological polar surface area (TPSA) is 108 Å². The summed E-state index contributed by atoms with van der Waals surface area (Å²) in [4.78, 5) is 30.8. The number of thiophene rings is 1. The molecule has 0 bridgehead atoms. The third-order valence-electron chi connectivity index (χ3n) is 5.43. The number of aromatic nitrogens is 1. The summed E-state index contributed by atoms with van der Waals surface area (Å²) in [5, 5.41) is 4.72. The van der Waals surface area contributed by atoms with Crippen LogP contribution in [0.25, 0.3) is 0 Å². The van der Waals surface area contributed by atoms with E-state index in [9.17, 15) is 18.0 Å². The molecule has 8 nitrogen and oxygen atoms in total. The van der Waals surface area contributed by atoms with Crippen molar-refractivity contribution < 1.29 is 18.0 Å². The van der Waals surface area contributed by atoms with E-state index in [0.717, 1.165) is 16.9 Å². The van der Waals surface area contributed by atoms with Gasteiger partial charge < -0.3 is 10.2 Å². The largest absolute Gasteiger partial charge is 0.349 e. The molecule has 1 aromatic carbocycles. The van der Waals surface area contributed by atoms with Crippen LogP contribution in [0, 0.1) is 0 Å². The number of amides is 2. The van der Waals surface area contributed by atoms with Gasteiger partial charge in [0.1, 0.15) is 4.21 Å². The van der Waals surface area contributed by atoms with E-state index in [-0.39, 0.29) is 28.5 Å². The van der Waals surface area contributed by atoms with Crippen molar-refractivity contribution in [1.82, 2.24) is 15.2 Å². The number of hydrogen-bond donors (Lipinski definition) is 2. The summed E-state index contributed by atoms with van der Waals surface area (Å²) in [6.45, 7) is 1.16. The van der Waals surface area contributed by atoms with Crippen molar-refractivity contribution in [3.05, 3.63) is 77.4 Å². The van der Waals surface area contributed by atoms with Crippen LogP contribution in [0.2, 0.25) is 0 Å². The smallest absolute Gasteiger partial charge is 0.271 e. The van der Waals surface area contributed by atoms with Crippen LogP contribution in [0.5, 0.6) is 0 Å². The van der Waals surface area contributed by atoms with E-state index in [1.807, 2.05) is 0 Å². The fourth-order valence-electron chi connectivity index (χ4n) is 3.64. The molecule has 3 heterocycles. The molecule has 0 saturated carbocycles. The summed E-state index contributed by atoms with van der Waals surface area (Å²) in [6, 6.07) is 13.5. The van der Waals surface area contributed by atoms with Crippen molar-refractivity contribution >= 4 is 38.9 Å². The maximum absolute atomic E-state index is 12.7. The summed E-state index contributed by atoms with van der Waals surface area (Å²) < 4.78 is 27.4. The lowest BCUT2D eigenvalue weighted by atomic mass is 10.0. The third kappa shape index (κ3) is 5.96. The minimum atomic E-state index is -3.59. The van der Waals surface area contributed by atoms with Gasteiger partial charge in [0.15, 0.2) is 0 Å². The Kier molecular flexibility index (Phi) is 7.05. The van der Waals surface area contributed by atoms with E-state index >= 15 is 0 Å². The van der Waals surface area contributed by atoms with E-state index in [1.165, 1.54) is 6.20 Å². The molecule has 2 aromatic heterocycles. The highest BCUT2D eigenvalue weighted by atomic mass is 32.2. The second kappa shape index (κ2) is 10.1. The van der Waals surface area contributed by atoms with Crippen LogP contribution in [-0.2, 0) is 21.2 Å². The average Bonchev–Trinajstić information content (AvgIpc) is 3.37. The molecule has 0 radical (unpaired) electrons. The molecule has 3 aromatic rings. The van der Waals surface area contributed by atoms with Gasteiger partial charge in [-0.15, -0.1) is 11.3 Å². The van der Waals surface area contributed by atoms with E-state index in [0.29, 0.717) is 37.2 Å². The monoisotopic (exact) mass is 484 g/mol. The minimum absolute atomic E-state index is 0.0129. The zero-order valence-corrected chi connectivity index (χ0v) is 19.4. The van der Waals surface area contributed by atoms with Crippen LogP contribution < -0.4 is 10.0 Å². The molecule has 33 heavy (non-hydrogen) atoms. The number of sulfonamides is 1. The van der Waals surface area contributed by atoms with E-state index in [1.54, 1.807) is 65.0 Å². The fourth-order valence-corrected chi connectivity index (χ4v) is 5.69. The van der Waals surface area contributed by atoms with E-state index in [2.05, 4.69) is 15.0 Å². The summed E-state index contributed by atoms with van der Waals surface area (Å²) in [5.74, 6) is -0.137. The van der Waals surface area contributed by atoms with Crippen molar-refractivity contribution in [2.24, 2.45) is 0 Å². The zero-order valence-electron chi connectivity index (χ0n) is 17.8. The predicted molar refractivity (Wildman–Crippen MR) is 127 cm³/mol. The predicted octanol–water partition coefficient (Wildman–Crippen LogP) is 2.91. The van der Waals surface area contributed by atoms with Crippen LogP contribution in [0.4, 0.5) is 5.69 Å². The number of likely N-dealkylation sites (tertiary alicyclic amines) is 1. The molecule has 4 rings (SSSR count). The lowest BCUT2D eigenvalue weighted by Gasteiger charge is -2.32. The Bertz CT molecular complexity index is 1190. The van der Waals surface area contributed by atoms with Gasteiger partial charge in [0.25, 0.3) is 15.9 Å². The van der Waals surface area contributed by atoms with Gasteiger partial charge in [0, 0.05) is 37.2 Å². The lowest BCUT2D eigenvalue weighted by molar-refractivity contribution is -0.131. The standard InChI is InChI=1S/C23H24N4O4S2/c28-21(27-12-9-19(10-13-27)25-23(29)18-3-1-11-24-16-18)15-17-5-7-20(8-6-17)26-33(30,31)22-4-2-14-32-22/h1-8,11,14,16,19,26H,9-10,12-13,15H2,(H,25,29). The number of nitrogens with one attached hydrogen (secondary N) is 2. The van der Waals surface area contributed by atoms with Gasteiger partial charge in [0.05, 0.1) is 12.0 Å². The van der Waals surface area contributed by atoms with E-state index < -0.39 is 10.0 Å². The summed E-state index contributed by atoms with van der Waals surface area (Å²) >= 11 is 1.15. The fraction of sp³-hybridized carbons (Fsp3) is 0.261. The Labute approximate surface area is 196 Å². The van der Waals surface area contributed by atoms with Crippen LogP contribution >= 0.6 is 11.3 Å². The first-order chi connectivity index (χ1) is 15.9. The maximum atomic E-state index is 12.7. The molecular formula is C23H24N4O4S2. The molecule has 172 valence electrons. The summed E-state index contributed by atoms with van der Waals surface area (Å²) in [5.41, 5.74) is 1.79. The molecule has 2 amide bonds. The van der Waals surface area contributed by atoms with Crippen LogP contribution in [0.1, 0.15) is 28.8 Å². The molecule has 1 aliphatic heterocycles. The molecule has 1 aliphatic rings. The Morgan fingerprint density at radius 1 is 1.06 bits per heavy atom. The van der Waals surface area contributed by atoms with Crippen molar-refractivity contribution in [3.8, 4) is 0 Å². The van der Waals surface area contributed by atoms with Crippen molar-refractivity contribution in [1.29, 1.82) is 0 Å². The maximum Gasteiger partial charge on any atom is 0.271 e. The van der Waals surface area contributed by atoms with Crippen LogP contribution in [-0.4, -0.2) is 49.2 Å². The van der Waals surface area contributed by atoms with Crippen molar-refractivity contribution in [2.75, 3.05) is 17.8 Å². The molecule has 0 unspecified atom stereocenters. The number of carbonyl (C=O) groups is 2. The highest BCUT2D eigenvalue weighted by molar-refractivity contribution is 7.94. The van der Waals surface area contributed by atoms with Gasteiger partial charge in [-0.3, -0.25) is 19.3 Å². The van der Waals surface area contributed by atoms with Gasteiger partial charge in [-0.25, -0.2) is 8.42 Å². The molecule has 10 heteroatoms. The normalized spacial score (nSPS) is 14.6. The lowest BCUT2D eigenvalue weighted by Crippen LogP contribution is -2.47. The van der Waals surface area contributed by atoms with Gasteiger partial charge in [-0.1, -0.05) is 18.2 Å². The first-order valence-electron chi connectivity index (χ1n) is 10.5. The van der Waals surface area contributed by atoms with Crippen LogP contribution in [0.15, 0.2) is 70.5 Å². The second-order valence-electron chi connectivity index (χ2n) is 7.78. The minimum Gasteiger partial charge on any atom is -0.349 e. The first-order valence-corrected chi connectivity index (χ1v) is 12.9. The highest BCUT2D eigenvalue weighted by Gasteiger charge is 2.24. The number of anilines is 1. The third-order valence-corrected chi connectivity index (χ3v) is 8.21. The Morgan fingerprint density at radius 2 is 1.82 bits per heavy atom. The summed E-state index contributed by atoms with van der Waals surface area (Å²) in [6.07, 6.45) is 4.79. The van der Waals surface area contributed by atoms with Gasteiger partial charge in [-0.05, 0) is 54.1 Å². The molecular weight excluding hydrogens is 460 g/mol. The number of hydrogen-bond acceptors (Lipinski definition) is 6. The van der Waals surface area contributed by atoms with Crippen molar-refractivity contribution in [2.45, 2.75) is 29.5 Å². The number of piperidine rings is 1. The number of rotatable bonds is 7.